The third kappa shape index (κ3) is 4.54. The van der Waals surface area contributed by atoms with Crippen molar-refractivity contribution < 1.29 is 18.7 Å². The number of imidazole rings is 1. The number of amides is 1. The second-order valence-electron chi connectivity index (χ2n) is 8.77. The molecule has 34 heavy (non-hydrogen) atoms. The Labute approximate surface area is 202 Å². The van der Waals surface area contributed by atoms with Gasteiger partial charge in [-0.05, 0) is 39.7 Å². The van der Waals surface area contributed by atoms with Crippen LogP contribution in [0.5, 0.6) is 5.75 Å². The van der Waals surface area contributed by atoms with Crippen LogP contribution in [-0.4, -0.2) is 57.6 Å². The molecule has 3 heterocycles. The summed E-state index contributed by atoms with van der Waals surface area (Å²) >= 11 is 6.30. The summed E-state index contributed by atoms with van der Waals surface area (Å²) in [6, 6.07) is 1.50. The molecule has 1 saturated heterocycles. The summed E-state index contributed by atoms with van der Waals surface area (Å²) in [6.45, 7) is 6.39. The molecule has 1 aliphatic rings. The SMILES string of the molecule is COC1CCCN(C(=O)c2c(F)c(Cl)cc(Cc3nc(C)c4c(N)nccn34)c2OC(C)C)C1. The summed E-state index contributed by atoms with van der Waals surface area (Å²) in [5.41, 5.74) is 7.86. The Balaban J connectivity index is 1.82. The van der Waals surface area contributed by atoms with E-state index in [2.05, 4.69) is 9.97 Å². The van der Waals surface area contributed by atoms with E-state index in [4.69, 9.17) is 26.8 Å². The van der Waals surface area contributed by atoms with E-state index in [9.17, 15) is 4.79 Å². The lowest BCUT2D eigenvalue weighted by Gasteiger charge is -2.32. The van der Waals surface area contributed by atoms with Gasteiger partial charge in [-0.1, -0.05) is 11.6 Å². The Morgan fingerprint density at radius 2 is 2.18 bits per heavy atom. The molecule has 10 heteroatoms. The van der Waals surface area contributed by atoms with Crippen molar-refractivity contribution in [2.75, 3.05) is 25.9 Å². The third-order valence-corrected chi connectivity index (χ3v) is 6.27. The Hall–Kier alpha value is -2.91. The number of nitrogens with two attached hydrogens (primary N) is 1. The number of piperidine rings is 1. The van der Waals surface area contributed by atoms with Gasteiger partial charge in [0.1, 0.15) is 28.5 Å². The number of carbonyl (C=O) groups is 1. The lowest BCUT2D eigenvalue weighted by Crippen LogP contribution is -2.43. The zero-order chi connectivity index (χ0) is 24.6. The van der Waals surface area contributed by atoms with Gasteiger partial charge in [0, 0.05) is 44.6 Å². The molecule has 0 bridgehead atoms. The Bertz CT molecular complexity index is 1230. The molecule has 1 atom stereocenters. The van der Waals surface area contributed by atoms with Crippen LogP contribution in [0.3, 0.4) is 0 Å². The van der Waals surface area contributed by atoms with Crippen molar-refractivity contribution in [2.45, 2.75) is 52.2 Å². The fourth-order valence-corrected chi connectivity index (χ4v) is 4.66. The summed E-state index contributed by atoms with van der Waals surface area (Å²) in [5, 5.41) is -0.145. The number of benzene rings is 1. The van der Waals surface area contributed by atoms with Crippen molar-refractivity contribution in [2.24, 2.45) is 0 Å². The normalized spacial score (nSPS) is 16.4. The molecule has 1 aliphatic heterocycles. The van der Waals surface area contributed by atoms with Gasteiger partial charge < -0.3 is 20.1 Å². The minimum atomic E-state index is -0.789. The number of ether oxygens (including phenoxy) is 2. The van der Waals surface area contributed by atoms with Gasteiger partial charge in [0.2, 0.25) is 0 Å². The average molecular weight is 490 g/mol. The lowest BCUT2D eigenvalue weighted by atomic mass is 10.0. The third-order valence-electron chi connectivity index (χ3n) is 5.99. The number of nitrogen functional groups attached to an aromatic ring is 1. The summed E-state index contributed by atoms with van der Waals surface area (Å²) < 4.78 is 28.7. The largest absolute Gasteiger partial charge is 0.490 e. The first kappa shape index (κ1) is 24.2. The number of hydrogen-bond acceptors (Lipinski definition) is 6. The van der Waals surface area contributed by atoms with E-state index in [-0.39, 0.29) is 35.0 Å². The average Bonchev–Trinajstić information content (AvgIpc) is 3.13. The molecule has 0 spiro atoms. The number of aryl methyl sites for hydroxylation is 1. The topological polar surface area (TPSA) is 95.0 Å². The number of likely N-dealkylation sites (tertiary alicyclic amines) is 1. The first-order chi connectivity index (χ1) is 16.2. The molecule has 1 amide bonds. The van der Waals surface area contributed by atoms with E-state index >= 15 is 4.39 Å². The predicted octanol–water partition coefficient (Wildman–Crippen LogP) is 4.04. The molecule has 0 saturated carbocycles. The number of nitrogens with zero attached hydrogens (tertiary/aromatic N) is 4. The molecule has 1 unspecified atom stereocenters. The summed E-state index contributed by atoms with van der Waals surface area (Å²) in [5.74, 6) is -0.0609. The van der Waals surface area contributed by atoms with Crippen molar-refractivity contribution in [1.82, 2.24) is 19.3 Å². The van der Waals surface area contributed by atoms with Crippen LogP contribution in [0.1, 0.15) is 54.1 Å². The van der Waals surface area contributed by atoms with Crippen molar-refractivity contribution in [3.05, 3.63) is 51.9 Å². The van der Waals surface area contributed by atoms with Gasteiger partial charge in [-0.15, -0.1) is 0 Å². The van der Waals surface area contributed by atoms with Crippen LogP contribution in [0.4, 0.5) is 10.2 Å². The van der Waals surface area contributed by atoms with Crippen LogP contribution in [0.25, 0.3) is 5.52 Å². The minimum Gasteiger partial charge on any atom is -0.490 e. The van der Waals surface area contributed by atoms with E-state index in [1.165, 1.54) is 6.07 Å². The molecular weight excluding hydrogens is 461 g/mol. The maximum absolute atomic E-state index is 15.4. The Morgan fingerprint density at radius 3 is 2.88 bits per heavy atom. The van der Waals surface area contributed by atoms with Crippen molar-refractivity contribution >= 4 is 28.8 Å². The van der Waals surface area contributed by atoms with E-state index in [1.807, 2.05) is 25.2 Å². The first-order valence-corrected chi connectivity index (χ1v) is 11.7. The van der Waals surface area contributed by atoms with Crippen LogP contribution in [0.15, 0.2) is 18.5 Å². The highest BCUT2D eigenvalue weighted by Crippen LogP contribution is 2.36. The maximum atomic E-state index is 15.4. The highest BCUT2D eigenvalue weighted by molar-refractivity contribution is 6.31. The van der Waals surface area contributed by atoms with Gasteiger partial charge >= 0.3 is 0 Å². The van der Waals surface area contributed by atoms with Crippen molar-refractivity contribution in [3.8, 4) is 5.75 Å². The van der Waals surface area contributed by atoms with E-state index in [0.717, 1.165) is 18.5 Å². The van der Waals surface area contributed by atoms with Crippen molar-refractivity contribution in [3.63, 3.8) is 0 Å². The van der Waals surface area contributed by atoms with Gasteiger partial charge in [-0.25, -0.2) is 14.4 Å². The molecule has 2 aromatic heterocycles. The zero-order valence-corrected chi connectivity index (χ0v) is 20.5. The van der Waals surface area contributed by atoms with Gasteiger partial charge in [0.05, 0.1) is 22.9 Å². The first-order valence-electron chi connectivity index (χ1n) is 11.3. The second-order valence-corrected chi connectivity index (χ2v) is 9.18. The minimum absolute atomic E-state index is 0.0905. The zero-order valence-electron chi connectivity index (χ0n) is 19.8. The lowest BCUT2D eigenvalue weighted by molar-refractivity contribution is 0.0263. The van der Waals surface area contributed by atoms with Gasteiger partial charge in [0.15, 0.2) is 5.82 Å². The Kier molecular flexibility index (Phi) is 6.95. The number of fused-ring (bicyclic) bond motifs is 1. The van der Waals surface area contributed by atoms with Crippen molar-refractivity contribution in [1.29, 1.82) is 0 Å². The smallest absolute Gasteiger partial charge is 0.260 e. The van der Waals surface area contributed by atoms with Gasteiger partial charge in [0.25, 0.3) is 5.91 Å². The summed E-state index contributed by atoms with van der Waals surface area (Å²) in [6.07, 6.45) is 4.84. The molecule has 3 aromatic rings. The molecule has 4 rings (SSSR count). The number of aromatic nitrogens is 3. The van der Waals surface area contributed by atoms with Crippen LogP contribution >= 0.6 is 11.6 Å². The summed E-state index contributed by atoms with van der Waals surface area (Å²) in [7, 11) is 1.61. The highest BCUT2D eigenvalue weighted by atomic mass is 35.5. The molecule has 2 N–H and O–H groups in total. The number of halogens is 2. The molecule has 1 fully saturated rings. The molecule has 182 valence electrons. The van der Waals surface area contributed by atoms with E-state index in [0.29, 0.717) is 35.8 Å². The number of carbonyl (C=O) groups excluding carboxylic acids is 1. The van der Waals surface area contributed by atoms with Gasteiger partial charge in [-0.3, -0.25) is 9.20 Å². The number of hydrogen-bond donors (Lipinski definition) is 1. The highest BCUT2D eigenvalue weighted by Gasteiger charge is 2.32. The number of methoxy groups -OCH3 is 1. The maximum Gasteiger partial charge on any atom is 0.260 e. The van der Waals surface area contributed by atoms with Crippen LogP contribution in [0.2, 0.25) is 5.02 Å². The van der Waals surface area contributed by atoms with Crippen LogP contribution < -0.4 is 10.5 Å². The van der Waals surface area contributed by atoms with E-state index < -0.39 is 11.7 Å². The Morgan fingerprint density at radius 1 is 1.41 bits per heavy atom. The molecular formula is C24H29ClFN5O3. The predicted molar refractivity (Wildman–Crippen MR) is 128 cm³/mol. The fraction of sp³-hybridized carbons (Fsp3) is 0.458. The molecule has 0 radical (unpaired) electrons. The van der Waals surface area contributed by atoms with Gasteiger partial charge in [-0.2, -0.15) is 0 Å². The number of anilines is 1. The molecule has 1 aromatic carbocycles. The monoisotopic (exact) mass is 489 g/mol. The summed E-state index contributed by atoms with van der Waals surface area (Å²) in [4.78, 5) is 23.9. The van der Waals surface area contributed by atoms with E-state index in [1.54, 1.807) is 24.4 Å². The quantitative estimate of drug-likeness (QED) is 0.561. The standard InChI is InChI=1S/C24H29ClFN5O3/c1-13(2)34-22-15(11-18-29-14(3)21-23(27)28-7-9-31(18)21)10-17(25)20(26)19(22)24(32)30-8-5-6-16(12-30)33-4/h7,9-10,13,16H,5-6,8,11-12H2,1-4H3,(H2,27,28). The molecule has 8 nitrogen and oxygen atoms in total. The molecule has 0 aliphatic carbocycles. The fourth-order valence-electron chi connectivity index (χ4n) is 4.44. The second kappa shape index (κ2) is 9.76. The van der Waals surface area contributed by atoms with Crippen LogP contribution in [0, 0.1) is 12.7 Å². The number of rotatable bonds is 6. The van der Waals surface area contributed by atoms with Crippen LogP contribution in [-0.2, 0) is 11.2 Å².